The molecule has 1 saturated heterocycles. The van der Waals surface area contributed by atoms with E-state index in [4.69, 9.17) is 0 Å². The molecule has 21 heavy (non-hydrogen) atoms. The fraction of sp³-hybridized carbons (Fsp3) is 0.412. The number of nitrogens with zero attached hydrogens (tertiary/aromatic N) is 1. The third-order valence-electron chi connectivity index (χ3n) is 4.18. The zero-order chi connectivity index (χ0) is 14.7. The summed E-state index contributed by atoms with van der Waals surface area (Å²) < 4.78 is 27.7. The van der Waals surface area contributed by atoms with E-state index >= 15 is 0 Å². The van der Waals surface area contributed by atoms with Crippen molar-refractivity contribution in [1.82, 2.24) is 4.31 Å². The third kappa shape index (κ3) is 2.97. The second-order valence-electron chi connectivity index (χ2n) is 5.65. The predicted molar refractivity (Wildman–Crippen MR) is 85.8 cm³/mol. The minimum atomic E-state index is -3.39. The molecule has 2 aromatic carbocycles. The molecule has 0 aliphatic carbocycles. The van der Waals surface area contributed by atoms with Crippen molar-refractivity contribution in [3.63, 3.8) is 0 Å². The van der Waals surface area contributed by atoms with Crippen molar-refractivity contribution in [2.45, 2.75) is 37.0 Å². The second-order valence-corrected chi connectivity index (χ2v) is 7.56. The molecule has 0 radical (unpaired) electrons. The van der Waals surface area contributed by atoms with Crippen LogP contribution >= 0.6 is 0 Å². The number of fused-ring (bicyclic) bond motifs is 1. The van der Waals surface area contributed by atoms with E-state index in [1.54, 1.807) is 10.4 Å². The van der Waals surface area contributed by atoms with Gasteiger partial charge >= 0.3 is 0 Å². The monoisotopic (exact) mass is 303 g/mol. The van der Waals surface area contributed by atoms with Crippen molar-refractivity contribution in [1.29, 1.82) is 0 Å². The van der Waals surface area contributed by atoms with Gasteiger partial charge in [0.2, 0.25) is 10.0 Å². The van der Waals surface area contributed by atoms with Crippen LogP contribution in [0.5, 0.6) is 0 Å². The van der Waals surface area contributed by atoms with Gasteiger partial charge in [-0.3, -0.25) is 0 Å². The van der Waals surface area contributed by atoms with Crippen molar-refractivity contribution >= 4 is 20.8 Å². The molecule has 0 aromatic heterocycles. The molecule has 0 amide bonds. The first-order chi connectivity index (χ1) is 10.2. The highest BCUT2D eigenvalue weighted by atomic mass is 32.2. The van der Waals surface area contributed by atoms with Crippen LogP contribution in [0.1, 0.15) is 32.1 Å². The Kier molecular flexibility index (Phi) is 4.27. The Labute approximate surface area is 126 Å². The van der Waals surface area contributed by atoms with Gasteiger partial charge < -0.3 is 0 Å². The van der Waals surface area contributed by atoms with Crippen molar-refractivity contribution in [3.8, 4) is 0 Å². The lowest BCUT2D eigenvalue weighted by Crippen LogP contribution is -2.33. The van der Waals surface area contributed by atoms with E-state index < -0.39 is 10.0 Å². The number of sulfonamides is 1. The highest BCUT2D eigenvalue weighted by Crippen LogP contribution is 2.27. The summed E-state index contributed by atoms with van der Waals surface area (Å²) in [4.78, 5) is 0.446. The topological polar surface area (TPSA) is 37.4 Å². The van der Waals surface area contributed by atoms with E-state index in [-0.39, 0.29) is 0 Å². The molecule has 0 spiro atoms. The van der Waals surface area contributed by atoms with Gasteiger partial charge in [0.05, 0.1) is 4.90 Å². The van der Waals surface area contributed by atoms with E-state index in [0.717, 1.165) is 36.5 Å². The van der Waals surface area contributed by atoms with Crippen LogP contribution in [-0.4, -0.2) is 25.8 Å². The summed E-state index contributed by atoms with van der Waals surface area (Å²) in [5.74, 6) is 0. The van der Waals surface area contributed by atoms with Crippen LogP contribution < -0.4 is 0 Å². The van der Waals surface area contributed by atoms with Crippen LogP contribution in [0.25, 0.3) is 10.8 Å². The van der Waals surface area contributed by atoms with E-state index in [0.29, 0.717) is 18.0 Å². The summed E-state index contributed by atoms with van der Waals surface area (Å²) in [6.07, 6.45) is 5.40. The highest BCUT2D eigenvalue weighted by Gasteiger charge is 2.26. The highest BCUT2D eigenvalue weighted by molar-refractivity contribution is 7.89. The fourth-order valence-electron chi connectivity index (χ4n) is 3.02. The molecule has 0 bridgehead atoms. The molecular weight excluding hydrogens is 282 g/mol. The summed E-state index contributed by atoms with van der Waals surface area (Å²) in [7, 11) is -3.39. The Morgan fingerprint density at radius 1 is 0.762 bits per heavy atom. The van der Waals surface area contributed by atoms with Crippen LogP contribution in [0.3, 0.4) is 0 Å². The van der Waals surface area contributed by atoms with E-state index in [2.05, 4.69) is 0 Å². The maximum atomic E-state index is 13.0. The molecule has 0 unspecified atom stereocenters. The average Bonchev–Trinajstić information content (AvgIpc) is 2.46. The normalized spacial score (nSPS) is 18.3. The molecule has 4 heteroatoms. The lowest BCUT2D eigenvalue weighted by atomic mass is 10.1. The number of hydrogen-bond donors (Lipinski definition) is 0. The van der Waals surface area contributed by atoms with E-state index in [9.17, 15) is 8.42 Å². The molecule has 1 fully saturated rings. The number of hydrogen-bond acceptors (Lipinski definition) is 2. The quantitative estimate of drug-likeness (QED) is 0.846. The Balaban J connectivity index is 2.03. The summed E-state index contributed by atoms with van der Waals surface area (Å²) >= 11 is 0. The molecular formula is C17H21NO2S. The zero-order valence-corrected chi connectivity index (χ0v) is 13.0. The fourth-order valence-corrected chi connectivity index (χ4v) is 4.75. The largest absolute Gasteiger partial charge is 0.243 e. The molecule has 3 nitrogen and oxygen atoms in total. The zero-order valence-electron chi connectivity index (χ0n) is 12.2. The first-order valence-electron chi connectivity index (χ1n) is 7.67. The van der Waals surface area contributed by atoms with Gasteiger partial charge in [0.25, 0.3) is 0 Å². The molecule has 1 aliphatic rings. The average molecular weight is 303 g/mol. The lowest BCUT2D eigenvalue weighted by Gasteiger charge is -2.24. The molecule has 0 atom stereocenters. The second kappa shape index (κ2) is 6.16. The van der Waals surface area contributed by atoms with Crippen molar-refractivity contribution in [3.05, 3.63) is 42.5 Å². The van der Waals surface area contributed by atoms with Crippen molar-refractivity contribution in [2.75, 3.05) is 13.1 Å². The van der Waals surface area contributed by atoms with Crippen LogP contribution in [0.4, 0.5) is 0 Å². The summed E-state index contributed by atoms with van der Waals surface area (Å²) in [5.41, 5.74) is 0. The Morgan fingerprint density at radius 2 is 1.38 bits per heavy atom. The van der Waals surface area contributed by atoms with Crippen molar-refractivity contribution in [2.24, 2.45) is 0 Å². The molecule has 3 rings (SSSR count). The predicted octanol–water partition coefficient (Wildman–Crippen LogP) is 3.79. The Hall–Kier alpha value is -1.39. The van der Waals surface area contributed by atoms with Crippen LogP contribution in [0, 0.1) is 0 Å². The molecule has 2 aromatic rings. The van der Waals surface area contributed by atoms with Gasteiger partial charge in [-0.2, -0.15) is 4.31 Å². The van der Waals surface area contributed by atoms with E-state index in [1.807, 2.05) is 36.4 Å². The minimum Gasteiger partial charge on any atom is -0.207 e. The van der Waals surface area contributed by atoms with Crippen LogP contribution in [0.15, 0.2) is 47.4 Å². The van der Waals surface area contributed by atoms with E-state index in [1.165, 1.54) is 6.42 Å². The molecule has 1 heterocycles. The van der Waals surface area contributed by atoms with Crippen molar-refractivity contribution < 1.29 is 8.42 Å². The van der Waals surface area contributed by atoms with Gasteiger partial charge in [0.15, 0.2) is 0 Å². The van der Waals surface area contributed by atoms with Crippen LogP contribution in [0.2, 0.25) is 0 Å². The number of benzene rings is 2. The Bertz CT molecular complexity index is 711. The number of rotatable bonds is 2. The molecule has 1 aliphatic heterocycles. The van der Waals surface area contributed by atoms with Gasteiger partial charge in [0.1, 0.15) is 0 Å². The first kappa shape index (κ1) is 14.5. The molecule has 0 saturated carbocycles. The van der Waals surface area contributed by atoms with Gasteiger partial charge in [-0.15, -0.1) is 0 Å². The summed E-state index contributed by atoms with van der Waals surface area (Å²) in [6.45, 7) is 1.29. The van der Waals surface area contributed by atoms with Gasteiger partial charge in [-0.05, 0) is 24.3 Å². The molecule has 0 N–H and O–H groups in total. The lowest BCUT2D eigenvalue weighted by molar-refractivity contribution is 0.364. The minimum absolute atomic E-state index is 0.446. The maximum Gasteiger partial charge on any atom is 0.243 e. The first-order valence-corrected chi connectivity index (χ1v) is 9.11. The maximum absolute atomic E-state index is 13.0. The summed E-state index contributed by atoms with van der Waals surface area (Å²) in [6, 6.07) is 13.2. The Morgan fingerprint density at radius 3 is 2.14 bits per heavy atom. The van der Waals surface area contributed by atoms with Gasteiger partial charge in [-0.1, -0.05) is 55.7 Å². The van der Waals surface area contributed by atoms with Crippen LogP contribution in [-0.2, 0) is 10.0 Å². The SMILES string of the molecule is O=S(=O)(c1cccc2ccccc12)N1CCCCCCC1. The third-order valence-corrected chi connectivity index (χ3v) is 6.14. The standard InChI is InChI=1S/C17H21NO2S/c19-21(20,18-13-6-2-1-3-7-14-18)17-12-8-10-15-9-4-5-11-16(15)17/h4-5,8-12H,1-3,6-7,13-14H2. The van der Waals surface area contributed by atoms with Gasteiger partial charge in [-0.25, -0.2) is 8.42 Å². The summed E-state index contributed by atoms with van der Waals surface area (Å²) in [5, 5.41) is 1.80. The molecule has 112 valence electrons. The van der Waals surface area contributed by atoms with Gasteiger partial charge in [0, 0.05) is 18.5 Å². The smallest absolute Gasteiger partial charge is 0.207 e.